The first-order valence-electron chi connectivity index (χ1n) is 23.6. The Morgan fingerprint density at radius 3 is 1.46 bits per heavy atom. The lowest BCUT2D eigenvalue weighted by Gasteiger charge is -2.34. The Morgan fingerprint density at radius 2 is 0.754 bits per heavy atom. The molecule has 0 saturated carbocycles. The highest BCUT2D eigenvalue weighted by Crippen LogP contribution is 2.59. The molecule has 3 heteroatoms. The molecular weight excluding hydrogens is 835 g/mol. The molecule has 0 amide bonds. The van der Waals surface area contributed by atoms with Crippen LogP contribution in [0, 0.1) is 0 Å². The molecule has 1 aliphatic rings. The van der Waals surface area contributed by atoms with Gasteiger partial charge in [-0.2, -0.15) is 0 Å². The molecule has 0 saturated heterocycles. The Morgan fingerprint density at radius 1 is 0.246 bits per heavy atom. The molecule has 3 nitrogen and oxygen atoms in total. The lowest BCUT2D eigenvalue weighted by Crippen LogP contribution is -2.28. The van der Waals surface area contributed by atoms with Crippen molar-refractivity contribution in [3.05, 3.63) is 283 Å². The topological polar surface area (TPSA) is 38.7 Å². The standard InChI is InChI=1S/C66H43N3/c1-5-20-44(21-6-1)48-25-19-26-50(40-48)64-67-63(47-22-7-2-8-23-47)68-65(69-64)59-42-51(45-36-38-46(39-37-45)58-41-49-24-13-14-31-54(49)55-32-15-16-33-56(55)58)43-61-62(59)57-34-17-18-35-60(57)66(61,52-27-9-3-10-28-52)53-29-11-4-12-30-53/h1-43H. The first-order chi connectivity index (χ1) is 34.2. The molecule has 322 valence electrons. The average Bonchev–Trinajstić information content (AvgIpc) is 3.74. The van der Waals surface area contributed by atoms with E-state index in [2.05, 4.69) is 237 Å². The van der Waals surface area contributed by atoms with E-state index in [0.717, 1.165) is 50.1 Å². The Hall–Kier alpha value is -9.05. The second-order valence-electron chi connectivity index (χ2n) is 17.9. The molecule has 0 fully saturated rings. The summed E-state index contributed by atoms with van der Waals surface area (Å²) in [6.45, 7) is 0. The maximum absolute atomic E-state index is 5.50. The van der Waals surface area contributed by atoms with Gasteiger partial charge >= 0.3 is 0 Å². The molecule has 0 bridgehead atoms. The van der Waals surface area contributed by atoms with E-state index >= 15 is 0 Å². The molecule has 12 aromatic rings. The van der Waals surface area contributed by atoms with Gasteiger partial charge in [0, 0.05) is 16.7 Å². The largest absolute Gasteiger partial charge is 0.208 e. The maximum Gasteiger partial charge on any atom is 0.164 e. The molecule has 1 aromatic heterocycles. The van der Waals surface area contributed by atoms with Crippen LogP contribution in [0.15, 0.2) is 261 Å². The van der Waals surface area contributed by atoms with Gasteiger partial charge in [0.15, 0.2) is 17.5 Å². The molecule has 1 aliphatic carbocycles. The van der Waals surface area contributed by atoms with Crippen LogP contribution in [0.5, 0.6) is 0 Å². The first kappa shape index (κ1) is 40.2. The summed E-state index contributed by atoms with van der Waals surface area (Å²) >= 11 is 0. The lowest BCUT2D eigenvalue weighted by molar-refractivity contribution is 0.769. The summed E-state index contributed by atoms with van der Waals surface area (Å²) in [5.41, 5.74) is 16.1. The van der Waals surface area contributed by atoms with Crippen molar-refractivity contribution in [3.8, 4) is 78.7 Å². The minimum atomic E-state index is -0.648. The Labute approximate surface area is 401 Å². The third-order valence-corrected chi connectivity index (χ3v) is 14.0. The summed E-state index contributed by atoms with van der Waals surface area (Å²) in [4.78, 5) is 16.2. The summed E-state index contributed by atoms with van der Waals surface area (Å²) < 4.78 is 0. The fraction of sp³-hybridized carbons (Fsp3) is 0.0152. The number of nitrogens with zero attached hydrogens (tertiary/aromatic N) is 3. The van der Waals surface area contributed by atoms with Gasteiger partial charge in [0.25, 0.3) is 0 Å². The molecule has 13 rings (SSSR count). The van der Waals surface area contributed by atoms with E-state index in [9.17, 15) is 0 Å². The molecule has 0 N–H and O–H groups in total. The van der Waals surface area contributed by atoms with Crippen LogP contribution < -0.4 is 0 Å². The van der Waals surface area contributed by atoms with Crippen molar-refractivity contribution >= 4 is 21.5 Å². The monoisotopic (exact) mass is 877 g/mol. The predicted octanol–water partition coefficient (Wildman–Crippen LogP) is 16.5. The van der Waals surface area contributed by atoms with E-state index in [-0.39, 0.29) is 0 Å². The number of aromatic nitrogens is 3. The highest BCUT2D eigenvalue weighted by molar-refractivity contribution is 6.13. The van der Waals surface area contributed by atoms with Crippen molar-refractivity contribution in [1.29, 1.82) is 0 Å². The Balaban J connectivity index is 1.08. The van der Waals surface area contributed by atoms with E-state index in [1.807, 2.05) is 24.3 Å². The summed E-state index contributed by atoms with van der Waals surface area (Å²) in [7, 11) is 0. The van der Waals surface area contributed by atoms with Crippen molar-refractivity contribution in [3.63, 3.8) is 0 Å². The van der Waals surface area contributed by atoms with Crippen molar-refractivity contribution < 1.29 is 0 Å². The normalized spacial score (nSPS) is 12.5. The third kappa shape index (κ3) is 6.78. The van der Waals surface area contributed by atoms with Crippen LogP contribution in [-0.4, -0.2) is 15.0 Å². The summed E-state index contributed by atoms with van der Waals surface area (Å²) in [6.07, 6.45) is 0. The van der Waals surface area contributed by atoms with Crippen LogP contribution in [0.4, 0.5) is 0 Å². The molecule has 11 aromatic carbocycles. The number of rotatable bonds is 8. The van der Waals surface area contributed by atoms with Gasteiger partial charge < -0.3 is 0 Å². The molecule has 0 aliphatic heterocycles. The number of fused-ring (bicyclic) bond motifs is 6. The third-order valence-electron chi connectivity index (χ3n) is 14.0. The molecule has 0 spiro atoms. The van der Waals surface area contributed by atoms with Crippen LogP contribution in [0.25, 0.3) is 100 Å². The van der Waals surface area contributed by atoms with Gasteiger partial charge in [0.2, 0.25) is 0 Å². The quantitative estimate of drug-likeness (QED) is 0.143. The smallest absolute Gasteiger partial charge is 0.164 e. The van der Waals surface area contributed by atoms with E-state index < -0.39 is 5.41 Å². The molecular formula is C66H43N3. The van der Waals surface area contributed by atoms with E-state index in [4.69, 9.17) is 15.0 Å². The predicted molar refractivity (Wildman–Crippen MR) is 285 cm³/mol. The zero-order valence-corrected chi connectivity index (χ0v) is 37.7. The fourth-order valence-corrected chi connectivity index (χ4v) is 10.9. The van der Waals surface area contributed by atoms with Crippen LogP contribution in [0.1, 0.15) is 22.3 Å². The van der Waals surface area contributed by atoms with Gasteiger partial charge in [-0.3, -0.25) is 0 Å². The van der Waals surface area contributed by atoms with Crippen LogP contribution in [-0.2, 0) is 5.41 Å². The van der Waals surface area contributed by atoms with Crippen LogP contribution >= 0.6 is 0 Å². The SMILES string of the molecule is c1ccc(-c2cccc(-c3nc(-c4ccccc4)nc(-c4cc(-c5ccc(-c6cc7ccccc7c7ccccc67)cc5)cc5c4-c4ccccc4C5(c4ccccc4)c4ccccc4)n3)c2)cc1. The maximum atomic E-state index is 5.50. The molecule has 0 radical (unpaired) electrons. The van der Waals surface area contributed by atoms with Crippen LogP contribution in [0.3, 0.4) is 0 Å². The van der Waals surface area contributed by atoms with E-state index in [1.165, 1.54) is 54.9 Å². The average molecular weight is 878 g/mol. The van der Waals surface area contributed by atoms with Crippen molar-refractivity contribution in [1.82, 2.24) is 15.0 Å². The summed E-state index contributed by atoms with van der Waals surface area (Å²) in [6, 6.07) is 93.8. The van der Waals surface area contributed by atoms with Crippen molar-refractivity contribution in [2.24, 2.45) is 0 Å². The van der Waals surface area contributed by atoms with E-state index in [0.29, 0.717) is 17.5 Å². The van der Waals surface area contributed by atoms with Crippen molar-refractivity contribution in [2.45, 2.75) is 5.41 Å². The van der Waals surface area contributed by atoms with Crippen molar-refractivity contribution in [2.75, 3.05) is 0 Å². The van der Waals surface area contributed by atoms with Gasteiger partial charge in [-0.05, 0) is 113 Å². The summed E-state index contributed by atoms with van der Waals surface area (Å²) in [5, 5.41) is 5.00. The number of benzene rings is 11. The fourth-order valence-electron chi connectivity index (χ4n) is 10.9. The second kappa shape index (κ2) is 16.7. The van der Waals surface area contributed by atoms with Gasteiger partial charge in [-0.25, -0.2) is 15.0 Å². The van der Waals surface area contributed by atoms with Gasteiger partial charge in [0.05, 0.1) is 5.41 Å². The Kier molecular flexibility index (Phi) is 9.73. The highest BCUT2D eigenvalue weighted by atomic mass is 15.0. The highest BCUT2D eigenvalue weighted by Gasteiger charge is 2.47. The molecule has 0 unspecified atom stereocenters. The zero-order chi connectivity index (χ0) is 45.7. The second-order valence-corrected chi connectivity index (χ2v) is 17.9. The number of hydrogen-bond donors (Lipinski definition) is 0. The van der Waals surface area contributed by atoms with E-state index in [1.54, 1.807) is 0 Å². The van der Waals surface area contributed by atoms with Gasteiger partial charge in [-0.1, -0.05) is 237 Å². The van der Waals surface area contributed by atoms with Crippen LogP contribution in [0.2, 0.25) is 0 Å². The molecule has 0 atom stereocenters. The minimum Gasteiger partial charge on any atom is -0.208 e. The van der Waals surface area contributed by atoms with Gasteiger partial charge in [0.1, 0.15) is 0 Å². The van der Waals surface area contributed by atoms with Gasteiger partial charge in [-0.15, -0.1) is 0 Å². The Bertz CT molecular complexity index is 3830. The summed E-state index contributed by atoms with van der Waals surface area (Å²) in [5.74, 6) is 1.86. The molecule has 69 heavy (non-hydrogen) atoms. The molecule has 1 heterocycles. The zero-order valence-electron chi connectivity index (χ0n) is 37.7. The minimum absolute atomic E-state index is 0.617. The first-order valence-corrected chi connectivity index (χ1v) is 23.6. The lowest BCUT2D eigenvalue weighted by atomic mass is 9.67. The number of hydrogen-bond acceptors (Lipinski definition) is 3.